The highest BCUT2D eigenvalue weighted by molar-refractivity contribution is 6.02. The van der Waals surface area contributed by atoms with Crippen LogP contribution in [0.1, 0.15) is 25.3 Å². The van der Waals surface area contributed by atoms with Crippen LogP contribution in [0.2, 0.25) is 0 Å². The van der Waals surface area contributed by atoms with Crippen LogP contribution in [-0.4, -0.2) is 17.4 Å². The molecule has 0 bridgehead atoms. The van der Waals surface area contributed by atoms with E-state index in [2.05, 4.69) is 11.7 Å². The second-order valence-electron chi connectivity index (χ2n) is 4.90. The second kappa shape index (κ2) is 7.98. The molecule has 0 fully saturated rings. The molecule has 0 aliphatic carbocycles. The number of benzene rings is 1. The fraction of sp³-hybridized carbons (Fsp3) is 0.222. The molecule has 0 radical (unpaired) electrons. The smallest absolute Gasteiger partial charge is 0.349 e. The zero-order valence-electron chi connectivity index (χ0n) is 13.0. The van der Waals surface area contributed by atoms with Crippen molar-refractivity contribution in [3.63, 3.8) is 0 Å². The molecule has 0 spiro atoms. The van der Waals surface area contributed by atoms with Crippen molar-refractivity contribution in [1.29, 1.82) is 0 Å². The van der Waals surface area contributed by atoms with Crippen molar-refractivity contribution in [3.8, 4) is 17.1 Å². The van der Waals surface area contributed by atoms with Crippen LogP contribution in [-0.2, 0) is 4.84 Å². The molecule has 2 aromatic rings. The van der Waals surface area contributed by atoms with Crippen molar-refractivity contribution in [2.24, 2.45) is 5.16 Å². The van der Waals surface area contributed by atoms with E-state index in [0.29, 0.717) is 23.5 Å². The Labute approximate surface area is 134 Å². The summed E-state index contributed by atoms with van der Waals surface area (Å²) in [4.78, 5) is 17.4. The third kappa shape index (κ3) is 4.10. The minimum Gasteiger partial charge on any atom is -0.507 e. The number of nitrogens with zero attached hydrogens (tertiary/aromatic N) is 1. The summed E-state index contributed by atoms with van der Waals surface area (Å²) >= 11 is 0. The lowest BCUT2D eigenvalue weighted by atomic mass is 10.1. The van der Waals surface area contributed by atoms with Gasteiger partial charge in [0.2, 0.25) is 0 Å². The number of aromatic hydroxyl groups is 1. The van der Waals surface area contributed by atoms with Gasteiger partial charge in [0.05, 0.1) is 5.71 Å². The first-order chi connectivity index (χ1) is 11.2. The van der Waals surface area contributed by atoms with Gasteiger partial charge in [0.25, 0.3) is 0 Å². The molecule has 1 aromatic carbocycles. The Morgan fingerprint density at radius 2 is 2.13 bits per heavy atom. The van der Waals surface area contributed by atoms with E-state index in [1.54, 1.807) is 18.2 Å². The van der Waals surface area contributed by atoms with E-state index in [4.69, 9.17) is 9.25 Å². The highest BCUT2D eigenvalue weighted by atomic mass is 16.6. The average Bonchev–Trinajstić information content (AvgIpc) is 2.55. The summed E-state index contributed by atoms with van der Waals surface area (Å²) in [5.41, 5.74) is 0.470. The monoisotopic (exact) mass is 313 g/mol. The van der Waals surface area contributed by atoms with Gasteiger partial charge < -0.3 is 14.4 Å². The van der Waals surface area contributed by atoms with Crippen molar-refractivity contribution < 1.29 is 14.4 Å². The first kappa shape index (κ1) is 16.5. The topological polar surface area (TPSA) is 72.0 Å². The van der Waals surface area contributed by atoms with Gasteiger partial charge in [-0.15, -0.1) is 0 Å². The van der Waals surface area contributed by atoms with Gasteiger partial charge in [-0.2, -0.15) is 0 Å². The molecule has 5 nitrogen and oxygen atoms in total. The Morgan fingerprint density at radius 1 is 1.39 bits per heavy atom. The van der Waals surface area contributed by atoms with E-state index in [1.165, 1.54) is 6.07 Å². The number of hydrogen-bond acceptors (Lipinski definition) is 5. The van der Waals surface area contributed by atoms with Gasteiger partial charge in [0.1, 0.15) is 23.7 Å². The minimum absolute atomic E-state index is 0.0376. The highest BCUT2D eigenvalue weighted by Crippen LogP contribution is 2.25. The molecule has 2 rings (SSSR count). The Balaban J connectivity index is 2.45. The van der Waals surface area contributed by atoms with E-state index in [0.717, 1.165) is 6.42 Å². The van der Waals surface area contributed by atoms with Crippen molar-refractivity contribution in [2.75, 3.05) is 6.61 Å². The lowest BCUT2D eigenvalue weighted by molar-refractivity contribution is 0.174. The first-order valence-electron chi connectivity index (χ1n) is 7.40. The van der Waals surface area contributed by atoms with Crippen LogP contribution in [0, 0.1) is 0 Å². The number of oxime groups is 1. The molecule has 23 heavy (non-hydrogen) atoms. The van der Waals surface area contributed by atoms with Gasteiger partial charge in [0.15, 0.2) is 0 Å². The second-order valence-corrected chi connectivity index (χ2v) is 4.90. The van der Waals surface area contributed by atoms with Crippen molar-refractivity contribution in [2.45, 2.75) is 19.8 Å². The maximum Gasteiger partial charge on any atom is 0.349 e. The Hall–Kier alpha value is -2.82. The predicted molar refractivity (Wildman–Crippen MR) is 89.7 cm³/mol. The van der Waals surface area contributed by atoms with Crippen LogP contribution < -0.4 is 5.63 Å². The van der Waals surface area contributed by atoms with Crippen LogP contribution in [0.15, 0.2) is 63.4 Å². The van der Waals surface area contributed by atoms with Gasteiger partial charge in [-0.1, -0.05) is 61.5 Å². The Morgan fingerprint density at radius 3 is 2.74 bits per heavy atom. The van der Waals surface area contributed by atoms with Crippen LogP contribution >= 0.6 is 0 Å². The molecule has 0 saturated heterocycles. The standard InChI is InChI=1S/C18H19NO4/c1-3-8-14(19-22-11-4-2)17-15(20)12-16(23-18(17)21)13-9-6-5-7-10-13/h4-7,9-10,12,20H,2-3,8,11H2,1H3. The van der Waals surface area contributed by atoms with Crippen LogP contribution in [0.5, 0.6) is 5.75 Å². The summed E-state index contributed by atoms with van der Waals surface area (Å²) in [5, 5.41) is 14.2. The SMILES string of the molecule is C=CCON=C(CCC)c1c(O)cc(-c2ccccc2)oc1=O. The van der Waals surface area contributed by atoms with Crippen molar-refractivity contribution in [1.82, 2.24) is 0 Å². The summed E-state index contributed by atoms with van der Waals surface area (Å²) in [6.07, 6.45) is 2.78. The molecule has 0 aliphatic heterocycles. The van der Waals surface area contributed by atoms with Gasteiger partial charge in [-0.25, -0.2) is 4.79 Å². The average molecular weight is 313 g/mol. The van der Waals surface area contributed by atoms with E-state index < -0.39 is 5.63 Å². The molecule has 1 heterocycles. The zero-order valence-corrected chi connectivity index (χ0v) is 13.0. The van der Waals surface area contributed by atoms with E-state index in [-0.39, 0.29) is 17.9 Å². The third-order valence-corrected chi connectivity index (χ3v) is 3.13. The quantitative estimate of drug-likeness (QED) is 0.366. The van der Waals surface area contributed by atoms with Gasteiger partial charge in [-0.3, -0.25) is 0 Å². The molecule has 120 valence electrons. The van der Waals surface area contributed by atoms with Crippen LogP contribution in [0.25, 0.3) is 11.3 Å². The number of rotatable bonds is 7. The summed E-state index contributed by atoms with van der Waals surface area (Å²) in [5.74, 6) is 0.134. The Bertz CT molecular complexity index is 747. The maximum atomic E-state index is 12.3. The van der Waals surface area contributed by atoms with E-state index >= 15 is 0 Å². The fourth-order valence-corrected chi connectivity index (χ4v) is 2.11. The van der Waals surface area contributed by atoms with E-state index in [9.17, 15) is 9.90 Å². The van der Waals surface area contributed by atoms with Crippen molar-refractivity contribution >= 4 is 5.71 Å². The zero-order chi connectivity index (χ0) is 16.7. The maximum absolute atomic E-state index is 12.3. The Kier molecular flexibility index (Phi) is 5.74. The molecule has 0 aliphatic rings. The molecular formula is C18H19NO4. The summed E-state index contributed by atoms with van der Waals surface area (Å²) in [7, 11) is 0. The van der Waals surface area contributed by atoms with Gasteiger partial charge in [0, 0.05) is 11.6 Å². The molecule has 5 heteroatoms. The summed E-state index contributed by atoms with van der Waals surface area (Å²) < 4.78 is 5.34. The number of hydrogen-bond donors (Lipinski definition) is 1. The summed E-state index contributed by atoms with van der Waals surface area (Å²) in [6.45, 7) is 5.70. The van der Waals surface area contributed by atoms with Crippen LogP contribution in [0.3, 0.4) is 0 Å². The largest absolute Gasteiger partial charge is 0.507 e. The van der Waals surface area contributed by atoms with Crippen LogP contribution in [0.4, 0.5) is 0 Å². The molecule has 0 unspecified atom stereocenters. The van der Waals surface area contributed by atoms with Gasteiger partial charge in [-0.05, 0) is 6.42 Å². The molecule has 0 amide bonds. The van der Waals surface area contributed by atoms with Crippen molar-refractivity contribution in [3.05, 3.63) is 65.0 Å². The third-order valence-electron chi connectivity index (χ3n) is 3.13. The summed E-state index contributed by atoms with van der Waals surface area (Å²) in [6, 6.07) is 10.5. The molecular weight excluding hydrogens is 294 g/mol. The minimum atomic E-state index is -0.641. The molecule has 1 N–H and O–H groups in total. The highest BCUT2D eigenvalue weighted by Gasteiger charge is 2.18. The molecule has 0 atom stereocenters. The molecule has 0 saturated carbocycles. The van der Waals surface area contributed by atoms with Gasteiger partial charge >= 0.3 is 5.63 Å². The fourth-order valence-electron chi connectivity index (χ4n) is 2.11. The molecule has 1 aromatic heterocycles. The normalized spacial score (nSPS) is 11.3. The first-order valence-corrected chi connectivity index (χ1v) is 7.40. The lowest BCUT2D eigenvalue weighted by Crippen LogP contribution is -2.16. The predicted octanol–water partition coefficient (Wildman–Crippen LogP) is 3.72. The van der Waals surface area contributed by atoms with E-state index in [1.807, 2.05) is 25.1 Å². The lowest BCUT2D eigenvalue weighted by Gasteiger charge is -2.08.